The van der Waals surface area contributed by atoms with Gasteiger partial charge in [0, 0.05) is 30.9 Å². The van der Waals surface area contributed by atoms with Gasteiger partial charge in [0.25, 0.3) is 5.91 Å². The summed E-state index contributed by atoms with van der Waals surface area (Å²) in [6.07, 6.45) is 0.0562. The van der Waals surface area contributed by atoms with Crippen LogP contribution in [0.1, 0.15) is 23.5 Å². The normalized spacial score (nSPS) is 22.5. The molecule has 2 atom stereocenters. The Hall–Kier alpha value is -1.43. The standard InChI is InChI=1S/C17H22N2O2S/c1-11(2)19-9-13(14(10-19)21-3)18-17(20)16-8-12-6-4-5-7-15(12)22-16/h4-8,11,13-14H,9-10H2,1-3H3,(H,18,20)/t13-,14-/m1/s1. The third-order valence-electron chi connectivity index (χ3n) is 4.29. The second-order valence-electron chi connectivity index (χ2n) is 6.05. The molecule has 1 aromatic carbocycles. The molecule has 1 aliphatic heterocycles. The van der Waals surface area contributed by atoms with Gasteiger partial charge in [0.15, 0.2) is 0 Å². The van der Waals surface area contributed by atoms with Crippen LogP contribution in [-0.2, 0) is 4.74 Å². The Morgan fingerprint density at radius 2 is 2.14 bits per heavy atom. The molecule has 1 fully saturated rings. The number of ether oxygens (including phenoxy) is 1. The van der Waals surface area contributed by atoms with E-state index in [0.717, 1.165) is 28.1 Å². The summed E-state index contributed by atoms with van der Waals surface area (Å²) in [5, 5.41) is 4.27. The second kappa shape index (κ2) is 6.36. The maximum atomic E-state index is 12.5. The lowest BCUT2D eigenvalue weighted by atomic mass is 10.2. The van der Waals surface area contributed by atoms with Crippen molar-refractivity contribution in [2.45, 2.75) is 32.0 Å². The molecule has 4 nitrogen and oxygen atoms in total. The molecule has 118 valence electrons. The van der Waals surface area contributed by atoms with Crippen LogP contribution in [0.15, 0.2) is 30.3 Å². The molecular weight excluding hydrogens is 296 g/mol. The Bertz CT molecular complexity index is 634. The number of hydrogen-bond acceptors (Lipinski definition) is 4. The van der Waals surface area contributed by atoms with Gasteiger partial charge in [0.05, 0.1) is 17.0 Å². The number of hydrogen-bond donors (Lipinski definition) is 1. The number of fused-ring (bicyclic) bond motifs is 1. The number of likely N-dealkylation sites (tertiary alicyclic amines) is 1. The van der Waals surface area contributed by atoms with Crippen molar-refractivity contribution in [2.75, 3.05) is 20.2 Å². The molecule has 3 rings (SSSR count). The summed E-state index contributed by atoms with van der Waals surface area (Å²) >= 11 is 1.54. The van der Waals surface area contributed by atoms with Gasteiger partial charge in [-0.25, -0.2) is 0 Å². The van der Waals surface area contributed by atoms with Crippen molar-refractivity contribution in [2.24, 2.45) is 0 Å². The van der Waals surface area contributed by atoms with Crippen LogP contribution in [0.5, 0.6) is 0 Å². The van der Waals surface area contributed by atoms with Crippen LogP contribution in [0, 0.1) is 0 Å². The predicted octanol–water partition coefficient (Wildman–Crippen LogP) is 2.74. The molecule has 1 aliphatic rings. The fraction of sp³-hybridized carbons (Fsp3) is 0.471. The Morgan fingerprint density at radius 3 is 2.82 bits per heavy atom. The molecule has 1 N–H and O–H groups in total. The van der Waals surface area contributed by atoms with E-state index in [2.05, 4.69) is 24.1 Å². The predicted molar refractivity (Wildman–Crippen MR) is 90.6 cm³/mol. The van der Waals surface area contributed by atoms with Crippen molar-refractivity contribution in [3.8, 4) is 0 Å². The van der Waals surface area contributed by atoms with Gasteiger partial charge in [-0.2, -0.15) is 0 Å². The van der Waals surface area contributed by atoms with Crippen LogP contribution in [0.2, 0.25) is 0 Å². The number of thiophene rings is 1. The molecule has 0 radical (unpaired) electrons. The van der Waals surface area contributed by atoms with Crippen LogP contribution in [0.3, 0.4) is 0 Å². The molecule has 0 unspecified atom stereocenters. The first kappa shape index (κ1) is 15.5. The first-order valence-electron chi connectivity index (χ1n) is 7.64. The van der Waals surface area contributed by atoms with Crippen molar-refractivity contribution in [3.63, 3.8) is 0 Å². The summed E-state index contributed by atoms with van der Waals surface area (Å²) in [6, 6.07) is 10.6. The van der Waals surface area contributed by atoms with Gasteiger partial charge in [0.2, 0.25) is 0 Å². The highest BCUT2D eigenvalue weighted by molar-refractivity contribution is 7.20. The van der Waals surface area contributed by atoms with Crippen molar-refractivity contribution in [3.05, 3.63) is 35.2 Å². The summed E-state index contributed by atoms with van der Waals surface area (Å²) in [4.78, 5) is 15.6. The quantitative estimate of drug-likeness (QED) is 0.942. The van der Waals surface area contributed by atoms with Gasteiger partial charge in [-0.05, 0) is 31.4 Å². The van der Waals surface area contributed by atoms with E-state index in [0.29, 0.717) is 6.04 Å². The van der Waals surface area contributed by atoms with E-state index < -0.39 is 0 Å². The smallest absolute Gasteiger partial charge is 0.261 e. The topological polar surface area (TPSA) is 41.6 Å². The lowest BCUT2D eigenvalue weighted by Crippen LogP contribution is -2.43. The van der Waals surface area contributed by atoms with Crippen LogP contribution in [0.25, 0.3) is 10.1 Å². The largest absolute Gasteiger partial charge is 0.378 e. The highest BCUT2D eigenvalue weighted by Gasteiger charge is 2.35. The van der Waals surface area contributed by atoms with Crippen LogP contribution in [0.4, 0.5) is 0 Å². The summed E-state index contributed by atoms with van der Waals surface area (Å²) in [5.41, 5.74) is 0. The SMILES string of the molecule is CO[C@@H]1CN(C(C)C)C[C@H]1NC(=O)c1cc2ccccc2s1. The number of carbonyl (C=O) groups is 1. The third kappa shape index (κ3) is 3.02. The lowest BCUT2D eigenvalue weighted by molar-refractivity contribution is 0.0755. The van der Waals surface area contributed by atoms with E-state index in [1.807, 2.05) is 30.3 Å². The summed E-state index contributed by atoms with van der Waals surface area (Å²) in [5.74, 6) is -0.00106. The van der Waals surface area contributed by atoms with Gasteiger partial charge in [-0.3, -0.25) is 9.69 Å². The van der Waals surface area contributed by atoms with Gasteiger partial charge in [-0.15, -0.1) is 11.3 Å². The number of nitrogens with zero attached hydrogens (tertiary/aromatic N) is 1. The molecule has 2 heterocycles. The van der Waals surface area contributed by atoms with E-state index in [9.17, 15) is 4.79 Å². The zero-order chi connectivity index (χ0) is 15.7. The third-order valence-corrected chi connectivity index (χ3v) is 5.41. The number of nitrogens with one attached hydrogen (secondary N) is 1. The molecule has 0 aliphatic carbocycles. The van der Waals surface area contributed by atoms with E-state index >= 15 is 0 Å². The van der Waals surface area contributed by atoms with E-state index in [1.54, 1.807) is 7.11 Å². The zero-order valence-electron chi connectivity index (χ0n) is 13.2. The Labute approximate surface area is 135 Å². The number of benzene rings is 1. The maximum Gasteiger partial charge on any atom is 0.261 e. The van der Waals surface area contributed by atoms with Gasteiger partial charge < -0.3 is 10.1 Å². The fourth-order valence-corrected chi connectivity index (χ4v) is 3.90. The summed E-state index contributed by atoms with van der Waals surface area (Å²) in [7, 11) is 1.72. The second-order valence-corrected chi connectivity index (χ2v) is 7.13. The molecule has 1 amide bonds. The van der Waals surface area contributed by atoms with Crippen LogP contribution >= 0.6 is 11.3 Å². The highest BCUT2D eigenvalue weighted by Crippen LogP contribution is 2.25. The van der Waals surface area contributed by atoms with Crippen molar-refractivity contribution >= 4 is 27.3 Å². The molecule has 0 spiro atoms. The van der Waals surface area contributed by atoms with Crippen molar-refractivity contribution < 1.29 is 9.53 Å². The van der Waals surface area contributed by atoms with E-state index in [4.69, 9.17) is 4.74 Å². The van der Waals surface area contributed by atoms with E-state index in [1.165, 1.54) is 11.3 Å². The molecule has 2 aromatic rings. The minimum Gasteiger partial charge on any atom is -0.378 e. The van der Waals surface area contributed by atoms with Gasteiger partial charge in [-0.1, -0.05) is 18.2 Å². The highest BCUT2D eigenvalue weighted by atomic mass is 32.1. The fourth-order valence-electron chi connectivity index (χ4n) is 2.94. The minimum absolute atomic E-state index is 0.00106. The molecule has 0 bridgehead atoms. The maximum absolute atomic E-state index is 12.5. The first-order chi connectivity index (χ1) is 10.6. The average Bonchev–Trinajstić information content (AvgIpc) is 3.10. The molecule has 1 aromatic heterocycles. The summed E-state index contributed by atoms with van der Waals surface area (Å²) < 4.78 is 6.69. The van der Waals surface area contributed by atoms with Crippen LogP contribution < -0.4 is 5.32 Å². The molecule has 5 heteroatoms. The Balaban J connectivity index is 1.73. The lowest BCUT2D eigenvalue weighted by Gasteiger charge is -2.19. The van der Waals surface area contributed by atoms with Crippen LogP contribution in [-0.4, -0.2) is 49.2 Å². The molecule has 0 saturated carbocycles. The van der Waals surface area contributed by atoms with E-state index in [-0.39, 0.29) is 18.1 Å². The minimum atomic E-state index is -0.00106. The molecule has 22 heavy (non-hydrogen) atoms. The number of amides is 1. The average molecular weight is 318 g/mol. The number of rotatable bonds is 4. The Morgan fingerprint density at radius 1 is 1.36 bits per heavy atom. The number of methoxy groups -OCH3 is 1. The molecule has 1 saturated heterocycles. The van der Waals surface area contributed by atoms with Gasteiger partial charge >= 0.3 is 0 Å². The summed E-state index contributed by atoms with van der Waals surface area (Å²) in [6.45, 7) is 6.05. The monoisotopic (exact) mass is 318 g/mol. The zero-order valence-corrected chi connectivity index (χ0v) is 14.0. The molecular formula is C17H22N2O2S. The first-order valence-corrected chi connectivity index (χ1v) is 8.46. The van der Waals surface area contributed by atoms with Gasteiger partial charge in [0.1, 0.15) is 0 Å². The number of carbonyl (C=O) groups excluding carboxylic acids is 1. The van der Waals surface area contributed by atoms with Crippen molar-refractivity contribution in [1.29, 1.82) is 0 Å². The Kier molecular flexibility index (Phi) is 4.47. The van der Waals surface area contributed by atoms with Crippen molar-refractivity contribution in [1.82, 2.24) is 10.2 Å².